The minimum absolute atomic E-state index is 0.0491. The number of carbonyl (C=O) groups is 2. The maximum atomic E-state index is 13.9. The number of alkyl halides is 3. The van der Waals surface area contributed by atoms with Crippen molar-refractivity contribution in [3.8, 4) is 0 Å². The molecule has 292 valence electrons. The van der Waals surface area contributed by atoms with Gasteiger partial charge in [-0.05, 0) is 74.3 Å². The number of benzene rings is 2. The van der Waals surface area contributed by atoms with Crippen LogP contribution >= 0.6 is 0 Å². The maximum absolute atomic E-state index is 13.9. The van der Waals surface area contributed by atoms with E-state index in [4.69, 9.17) is 0 Å². The molecular formula is C37H43F3N10O4S. The van der Waals surface area contributed by atoms with Crippen LogP contribution in [0.25, 0.3) is 0 Å². The van der Waals surface area contributed by atoms with Crippen LogP contribution < -0.4 is 30.5 Å². The Morgan fingerprint density at radius 2 is 1.64 bits per heavy atom. The lowest BCUT2D eigenvalue weighted by Crippen LogP contribution is -2.47. The zero-order valence-electron chi connectivity index (χ0n) is 30.6. The molecule has 1 atom stereocenters. The normalized spacial score (nSPS) is 16.9. The Kier molecular flexibility index (Phi) is 11.7. The van der Waals surface area contributed by atoms with Gasteiger partial charge < -0.3 is 20.9 Å². The Morgan fingerprint density at radius 3 is 2.29 bits per heavy atom. The van der Waals surface area contributed by atoms with E-state index < -0.39 is 33.6 Å². The molecule has 14 nitrogen and oxygen atoms in total. The summed E-state index contributed by atoms with van der Waals surface area (Å²) in [5.41, 5.74) is 2.89. The number of sulfonamides is 1. The second-order valence-electron chi connectivity index (χ2n) is 13.7. The van der Waals surface area contributed by atoms with Crippen molar-refractivity contribution < 1.29 is 31.2 Å². The Hall–Kier alpha value is -5.49. The molecule has 0 aliphatic carbocycles. The van der Waals surface area contributed by atoms with Gasteiger partial charge in [0, 0.05) is 80.7 Å². The van der Waals surface area contributed by atoms with Gasteiger partial charge in [0.1, 0.15) is 23.2 Å². The first kappa shape index (κ1) is 39.2. The predicted octanol–water partition coefficient (Wildman–Crippen LogP) is 4.96. The van der Waals surface area contributed by atoms with Crippen LogP contribution in [0.2, 0.25) is 0 Å². The fourth-order valence-electron chi connectivity index (χ4n) is 6.58. The number of amides is 2. The third-order valence-electron chi connectivity index (χ3n) is 9.75. The molecule has 0 radical (unpaired) electrons. The third-order valence-corrected chi connectivity index (χ3v) is 10.9. The zero-order chi connectivity index (χ0) is 39.3. The van der Waals surface area contributed by atoms with E-state index >= 15 is 0 Å². The summed E-state index contributed by atoms with van der Waals surface area (Å²) in [5.74, 6) is -0.972. The van der Waals surface area contributed by atoms with Gasteiger partial charge in [0.05, 0.1) is 6.26 Å². The van der Waals surface area contributed by atoms with E-state index in [-0.39, 0.29) is 30.1 Å². The molecule has 0 bridgehead atoms. The van der Waals surface area contributed by atoms with Crippen molar-refractivity contribution in [3.63, 3.8) is 0 Å². The quantitative estimate of drug-likeness (QED) is 0.135. The van der Waals surface area contributed by atoms with Gasteiger partial charge in [-0.1, -0.05) is 18.2 Å². The molecule has 2 aromatic carbocycles. The van der Waals surface area contributed by atoms with Crippen molar-refractivity contribution in [3.05, 3.63) is 89.7 Å². The van der Waals surface area contributed by atoms with Crippen molar-refractivity contribution in [1.29, 1.82) is 0 Å². The molecule has 4 heterocycles. The van der Waals surface area contributed by atoms with E-state index in [0.717, 1.165) is 60.0 Å². The number of anilines is 6. The molecule has 2 aromatic heterocycles. The number of hydrogen-bond acceptors (Lipinski definition) is 12. The lowest BCUT2D eigenvalue weighted by Gasteiger charge is -2.38. The highest BCUT2D eigenvalue weighted by atomic mass is 32.2. The number of pyridine rings is 1. The predicted molar refractivity (Wildman–Crippen MR) is 205 cm³/mol. The SMILES string of the molecule is CN(Cc1ccc(NC2CCC(=O)NC2=O)cc1)C1CCN(c2ccc(Nc3ncc(C(F)(F)F)c(NCc4cccnc4N(C)S(C)(=O)=O)n3)cc2)CC1. The van der Waals surface area contributed by atoms with Crippen molar-refractivity contribution >= 4 is 56.5 Å². The number of rotatable bonds is 13. The summed E-state index contributed by atoms with van der Waals surface area (Å²) in [7, 11) is -0.224. The molecule has 2 fully saturated rings. The number of imide groups is 1. The largest absolute Gasteiger partial charge is 0.421 e. The fraction of sp³-hybridized carbons (Fsp3) is 0.378. The zero-order valence-corrected chi connectivity index (χ0v) is 31.4. The molecule has 1 unspecified atom stereocenters. The summed E-state index contributed by atoms with van der Waals surface area (Å²) in [4.78, 5) is 40.3. The average Bonchev–Trinajstić information content (AvgIpc) is 3.15. The molecule has 2 amide bonds. The highest BCUT2D eigenvalue weighted by Crippen LogP contribution is 2.35. The van der Waals surface area contributed by atoms with Gasteiger partial charge in [0.2, 0.25) is 27.8 Å². The molecule has 2 aliphatic rings. The Morgan fingerprint density at radius 1 is 0.945 bits per heavy atom. The lowest BCUT2D eigenvalue weighted by atomic mass is 10.0. The van der Waals surface area contributed by atoms with Gasteiger partial charge in [-0.15, -0.1) is 0 Å². The molecule has 18 heteroatoms. The van der Waals surface area contributed by atoms with Crippen molar-refractivity contribution in [2.75, 3.05) is 58.6 Å². The number of carbonyl (C=O) groups excluding carboxylic acids is 2. The third kappa shape index (κ3) is 9.99. The van der Waals surface area contributed by atoms with Crippen molar-refractivity contribution in [2.45, 2.75) is 57.0 Å². The molecule has 0 saturated carbocycles. The average molecular weight is 781 g/mol. The Bertz CT molecular complexity index is 2100. The summed E-state index contributed by atoms with van der Waals surface area (Å²) in [6.07, 6.45) is 1.10. The molecule has 6 rings (SSSR count). The first-order chi connectivity index (χ1) is 26.1. The molecule has 4 aromatic rings. The minimum atomic E-state index is -4.74. The van der Waals surface area contributed by atoms with Gasteiger partial charge in [-0.3, -0.25) is 24.1 Å². The van der Waals surface area contributed by atoms with Crippen LogP contribution in [-0.2, 0) is 38.9 Å². The molecular weight excluding hydrogens is 738 g/mol. The molecule has 2 aliphatic heterocycles. The molecule has 0 spiro atoms. The first-order valence-corrected chi connectivity index (χ1v) is 19.6. The Balaban J connectivity index is 1.02. The van der Waals surface area contributed by atoms with Crippen LogP contribution in [0.5, 0.6) is 0 Å². The second-order valence-corrected chi connectivity index (χ2v) is 15.7. The maximum Gasteiger partial charge on any atom is 0.421 e. The smallest absolute Gasteiger partial charge is 0.374 e. The molecule has 55 heavy (non-hydrogen) atoms. The van der Waals surface area contributed by atoms with E-state index in [1.54, 1.807) is 12.1 Å². The van der Waals surface area contributed by atoms with Crippen LogP contribution in [0.4, 0.5) is 47.8 Å². The second kappa shape index (κ2) is 16.5. The van der Waals surface area contributed by atoms with Crippen LogP contribution in [0.1, 0.15) is 42.4 Å². The van der Waals surface area contributed by atoms with E-state index in [0.29, 0.717) is 36.3 Å². The summed E-state index contributed by atoms with van der Waals surface area (Å²) in [5, 5.41) is 11.3. The number of halogens is 3. The van der Waals surface area contributed by atoms with E-state index in [1.807, 2.05) is 48.5 Å². The fourth-order valence-corrected chi connectivity index (χ4v) is 7.06. The minimum Gasteiger partial charge on any atom is -0.374 e. The van der Waals surface area contributed by atoms with Crippen molar-refractivity contribution in [1.82, 2.24) is 25.2 Å². The number of aromatic nitrogens is 3. The van der Waals surface area contributed by atoms with Gasteiger partial charge in [0.15, 0.2) is 0 Å². The van der Waals surface area contributed by atoms with Crippen LogP contribution in [-0.4, -0.2) is 85.6 Å². The standard InChI is InChI=1S/C37H43F3N10O4S/c1-48(23-24-6-8-26(9-7-24)44-31-14-15-32(51)46-35(31)52)28-16-19-50(20-17-28)29-12-10-27(11-13-29)45-36-43-22-30(37(38,39)40)33(47-36)42-21-25-5-4-18-41-34(25)49(2)55(3,53)54/h4-13,18,22,28,31,44H,14-17,19-21,23H2,1-3H3,(H,46,51,52)(H2,42,43,45,47). The van der Waals surface area contributed by atoms with Crippen LogP contribution in [0.15, 0.2) is 73.1 Å². The summed E-state index contributed by atoms with van der Waals surface area (Å²) < 4.78 is 66.9. The summed E-state index contributed by atoms with van der Waals surface area (Å²) >= 11 is 0. The first-order valence-electron chi connectivity index (χ1n) is 17.7. The van der Waals surface area contributed by atoms with E-state index in [9.17, 15) is 31.2 Å². The number of piperidine rings is 2. The highest BCUT2D eigenvalue weighted by Gasteiger charge is 2.35. The van der Waals surface area contributed by atoms with E-state index in [2.05, 4.69) is 53.1 Å². The van der Waals surface area contributed by atoms with Crippen molar-refractivity contribution in [2.24, 2.45) is 0 Å². The molecule has 4 N–H and O–H groups in total. The topological polar surface area (TPSA) is 165 Å². The van der Waals surface area contributed by atoms with Gasteiger partial charge in [-0.2, -0.15) is 18.2 Å². The number of nitrogens with one attached hydrogen (secondary N) is 4. The van der Waals surface area contributed by atoms with Gasteiger partial charge >= 0.3 is 6.18 Å². The van der Waals surface area contributed by atoms with Crippen LogP contribution in [0.3, 0.4) is 0 Å². The lowest BCUT2D eigenvalue weighted by molar-refractivity contribution is -0.137. The summed E-state index contributed by atoms with van der Waals surface area (Å²) in [6, 6.07) is 18.6. The number of nitrogens with zero attached hydrogens (tertiary/aromatic N) is 6. The van der Waals surface area contributed by atoms with Gasteiger partial charge in [0.25, 0.3) is 0 Å². The van der Waals surface area contributed by atoms with Crippen LogP contribution in [0, 0.1) is 0 Å². The molecule has 2 saturated heterocycles. The highest BCUT2D eigenvalue weighted by molar-refractivity contribution is 7.92. The Labute approximate surface area is 317 Å². The monoisotopic (exact) mass is 780 g/mol. The van der Waals surface area contributed by atoms with Gasteiger partial charge in [-0.25, -0.2) is 18.4 Å². The number of hydrogen-bond donors (Lipinski definition) is 4. The van der Waals surface area contributed by atoms with E-state index in [1.165, 1.54) is 13.2 Å². The summed E-state index contributed by atoms with van der Waals surface area (Å²) in [6.45, 7) is 2.30.